The average Bonchev–Trinajstić information content (AvgIpc) is 2.40. The van der Waals surface area contributed by atoms with Crippen molar-refractivity contribution in [1.29, 1.82) is 0 Å². The maximum absolute atomic E-state index is 5.84. The highest BCUT2D eigenvalue weighted by Crippen LogP contribution is 2.14. The molecule has 7 nitrogen and oxygen atoms in total. The Bertz CT molecular complexity index is 187. The molecule has 0 aromatic heterocycles. The third kappa shape index (κ3) is 8.42. The molecular weight excluding hydrogens is 357 g/mol. The molecule has 1 atom stereocenters. The van der Waals surface area contributed by atoms with Gasteiger partial charge in [-0.1, -0.05) is 20.3 Å². The molecule has 0 aromatic rings. The second kappa shape index (κ2) is 12.0. The van der Waals surface area contributed by atoms with Crippen LogP contribution in [0, 0.1) is 0 Å². The van der Waals surface area contributed by atoms with E-state index >= 15 is 0 Å². The van der Waals surface area contributed by atoms with Crippen LogP contribution in [0.1, 0.15) is 20.3 Å². The van der Waals surface area contributed by atoms with Crippen LogP contribution < -0.4 is 0 Å². The fourth-order valence-corrected chi connectivity index (χ4v) is 16.5. The van der Waals surface area contributed by atoms with E-state index in [0.717, 1.165) is 6.42 Å². The first-order valence-electron chi connectivity index (χ1n) is 5.96. The van der Waals surface area contributed by atoms with Crippen molar-refractivity contribution in [2.75, 3.05) is 0 Å². The van der Waals surface area contributed by atoms with Crippen LogP contribution in [0.2, 0.25) is 5.54 Å². The summed E-state index contributed by atoms with van der Waals surface area (Å²) in [5, 5.41) is 0. The van der Waals surface area contributed by atoms with Gasteiger partial charge in [0.25, 0.3) is 60.0 Å². The van der Waals surface area contributed by atoms with Crippen LogP contribution in [-0.4, -0.2) is 69.3 Å². The zero-order valence-electron chi connectivity index (χ0n) is 11.0. The molecular formula is C4H22O7Si7. The van der Waals surface area contributed by atoms with Crippen LogP contribution >= 0.6 is 0 Å². The molecule has 0 bridgehead atoms. The van der Waals surface area contributed by atoms with Crippen molar-refractivity contribution in [2.24, 2.45) is 0 Å². The summed E-state index contributed by atoms with van der Waals surface area (Å²) in [7, 11) is -6.99. The molecule has 1 aliphatic rings. The Morgan fingerprint density at radius 3 is 1.56 bits per heavy atom. The van der Waals surface area contributed by atoms with E-state index in [1.165, 1.54) is 0 Å². The molecule has 0 aliphatic carbocycles. The van der Waals surface area contributed by atoms with Crippen LogP contribution in [0.15, 0.2) is 0 Å². The third-order valence-corrected chi connectivity index (χ3v) is 14.2. The summed E-state index contributed by atoms with van der Waals surface area (Å²) in [6, 6.07) is 0. The van der Waals surface area contributed by atoms with E-state index in [1.807, 2.05) is 0 Å². The van der Waals surface area contributed by atoms with Gasteiger partial charge in [-0.3, -0.25) is 0 Å². The maximum Gasteiger partial charge on any atom is 0.305 e. The van der Waals surface area contributed by atoms with Crippen molar-refractivity contribution in [2.45, 2.75) is 25.8 Å². The van der Waals surface area contributed by atoms with Crippen LogP contribution in [0.25, 0.3) is 0 Å². The molecule has 0 aromatic carbocycles. The largest absolute Gasteiger partial charge is 0.425 e. The molecule has 14 heteroatoms. The zero-order chi connectivity index (χ0) is 13.1. The van der Waals surface area contributed by atoms with Crippen LogP contribution in [-0.2, 0) is 28.8 Å². The quantitative estimate of drug-likeness (QED) is 0.446. The highest BCUT2D eigenvalue weighted by molar-refractivity contribution is 6.59. The second-order valence-corrected chi connectivity index (χ2v) is 17.9. The van der Waals surface area contributed by atoms with E-state index in [-0.39, 0.29) is 0 Å². The minimum absolute atomic E-state index is 0.502. The van der Waals surface area contributed by atoms with Crippen LogP contribution in [0.3, 0.4) is 0 Å². The average molecular weight is 379 g/mol. The van der Waals surface area contributed by atoms with Gasteiger partial charge in [0.05, 0.1) is 0 Å². The first-order valence-corrected chi connectivity index (χ1v) is 14.5. The molecule has 18 heavy (non-hydrogen) atoms. The molecule has 1 heterocycles. The highest BCUT2D eigenvalue weighted by atomic mass is 28.4. The van der Waals surface area contributed by atoms with Crippen LogP contribution in [0.5, 0.6) is 0 Å². The molecule has 108 valence electrons. The molecule has 0 N–H and O–H groups in total. The number of rotatable bonds is 2. The van der Waals surface area contributed by atoms with Gasteiger partial charge in [-0.15, -0.1) is 0 Å². The lowest BCUT2D eigenvalue weighted by atomic mass is 10.4. The zero-order valence-corrected chi connectivity index (χ0v) is 20.6. The van der Waals surface area contributed by atoms with Gasteiger partial charge in [-0.25, -0.2) is 0 Å². The molecule has 1 saturated heterocycles. The summed E-state index contributed by atoms with van der Waals surface area (Å²) in [5.41, 5.74) is 0.502. The molecule has 0 radical (unpaired) electrons. The minimum Gasteiger partial charge on any atom is -0.425 e. The number of hydrogen-bond acceptors (Lipinski definition) is 7. The van der Waals surface area contributed by atoms with E-state index in [1.54, 1.807) is 0 Å². The lowest BCUT2D eigenvalue weighted by molar-refractivity contribution is 0.329. The van der Waals surface area contributed by atoms with Gasteiger partial charge in [0.2, 0.25) is 0 Å². The predicted molar refractivity (Wildman–Crippen MR) is 85.7 cm³/mol. The van der Waals surface area contributed by atoms with E-state index in [9.17, 15) is 0 Å². The van der Waals surface area contributed by atoms with Gasteiger partial charge in [-0.2, -0.15) is 0 Å². The molecule has 1 unspecified atom stereocenters. The van der Waals surface area contributed by atoms with Gasteiger partial charge < -0.3 is 28.8 Å². The summed E-state index contributed by atoms with van der Waals surface area (Å²) in [5.74, 6) is 0. The topological polar surface area (TPSA) is 64.6 Å². The second-order valence-electron chi connectivity index (χ2n) is 3.81. The summed E-state index contributed by atoms with van der Waals surface area (Å²) in [6.07, 6.45) is 1.08. The van der Waals surface area contributed by atoms with Crippen molar-refractivity contribution in [3.05, 3.63) is 0 Å². The minimum atomic E-state index is -1.61. The van der Waals surface area contributed by atoms with Gasteiger partial charge in [0.15, 0.2) is 0 Å². The van der Waals surface area contributed by atoms with Gasteiger partial charge in [-0.05, 0) is 5.54 Å². The Morgan fingerprint density at radius 2 is 1.17 bits per heavy atom. The fraction of sp³-hybridized carbons (Fsp3) is 1.00. The van der Waals surface area contributed by atoms with Crippen molar-refractivity contribution in [3.63, 3.8) is 0 Å². The lowest BCUT2D eigenvalue weighted by Gasteiger charge is -2.22. The van der Waals surface area contributed by atoms with Crippen molar-refractivity contribution in [1.82, 2.24) is 0 Å². The molecule has 1 aliphatic heterocycles. The van der Waals surface area contributed by atoms with Gasteiger partial charge >= 0.3 is 9.28 Å². The molecule has 1 fully saturated rings. The first-order chi connectivity index (χ1) is 8.84. The standard InChI is InChI=1S/C4H22O7Si7/c1-3-4(2)18-10-16-8-14-6-12-5-13-7-15-9-17-11-18/h4,18H,3,12-17H2,1-2H3. The normalized spacial score (nSPS) is 35.3. The van der Waals surface area contributed by atoms with Crippen molar-refractivity contribution >= 4 is 69.3 Å². The Balaban J connectivity index is 2.29. The highest BCUT2D eigenvalue weighted by Gasteiger charge is 2.20. The lowest BCUT2D eigenvalue weighted by Crippen LogP contribution is -2.34. The molecule has 0 spiro atoms. The monoisotopic (exact) mass is 378 g/mol. The summed E-state index contributed by atoms with van der Waals surface area (Å²) < 4.78 is 38.8. The Morgan fingerprint density at radius 1 is 0.778 bits per heavy atom. The SMILES string of the molecule is CCC(C)[SiH]1O[SiH2]O[SiH2]O[SiH2]O[SiH2]O[SiH2]O[SiH2]O1. The fourth-order valence-electron chi connectivity index (χ4n) is 1.21. The van der Waals surface area contributed by atoms with Gasteiger partial charge in [0, 0.05) is 0 Å². The van der Waals surface area contributed by atoms with Crippen molar-refractivity contribution in [3.8, 4) is 0 Å². The smallest absolute Gasteiger partial charge is 0.305 e. The molecule has 0 saturated carbocycles. The van der Waals surface area contributed by atoms with E-state index in [4.69, 9.17) is 28.8 Å². The molecule has 0 amide bonds. The van der Waals surface area contributed by atoms with E-state index in [0.29, 0.717) is 5.54 Å². The third-order valence-electron chi connectivity index (χ3n) is 2.41. The Hall–Kier alpha value is 1.24. The van der Waals surface area contributed by atoms with E-state index in [2.05, 4.69) is 13.8 Å². The van der Waals surface area contributed by atoms with Crippen LogP contribution in [0.4, 0.5) is 0 Å². The van der Waals surface area contributed by atoms with Crippen molar-refractivity contribution < 1.29 is 28.8 Å². The Labute approximate surface area is 124 Å². The van der Waals surface area contributed by atoms with Gasteiger partial charge in [0.1, 0.15) is 0 Å². The summed E-state index contributed by atoms with van der Waals surface area (Å²) >= 11 is 0. The summed E-state index contributed by atoms with van der Waals surface area (Å²) in [4.78, 5) is 0. The predicted octanol–water partition coefficient (Wildman–Crippen LogP) is -4.87. The van der Waals surface area contributed by atoms with E-state index < -0.39 is 69.3 Å². The first kappa shape index (κ1) is 17.3. The maximum atomic E-state index is 5.84. The Kier molecular flexibility index (Phi) is 11.5. The summed E-state index contributed by atoms with van der Waals surface area (Å²) in [6.45, 7) is 4.34. The number of hydrogen-bond donors (Lipinski definition) is 0. The molecule has 1 rings (SSSR count).